The van der Waals surface area contributed by atoms with Crippen molar-refractivity contribution in [2.75, 3.05) is 0 Å². The second-order valence-corrected chi connectivity index (χ2v) is 7.75. The van der Waals surface area contributed by atoms with Crippen molar-refractivity contribution in [2.24, 2.45) is 0 Å². The van der Waals surface area contributed by atoms with Crippen LogP contribution in [0.3, 0.4) is 0 Å². The van der Waals surface area contributed by atoms with Crippen LogP contribution >= 0.6 is 0 Å². The minimum atomic E-state index is -1.60. The van der Waals surface area contributed by atoms with Crippen molar-refractivity contribution >= 4 is 17.9 Å². The van der Waals surface area contributed by atoms with Crippen LogP contribution in [0.15, 0.2) is 24.3 Å². The van der Waals surface area contributed by atoms with Gasteiger partial charge < -0.3 is 35.0 Å². The van der Waals surface area contributed by atoms with Crippen LogP contribution < -0.4 is 79.8 Å². The Kier molecular flexibility index (Phi) is 19.1. The third-order valence-corrected chi connectivity index (χ3v) is 5.10. The molecule has 0 amide bonds. The molecule has 0 fully saturated rings. The maximum Gasteiger partial charge on any atom is 1.00 e. The number of hydrogen-bond acceptors (Lipinski definition) is 6. The standard InChI is InChI=1S/C22H33NO6.2Na/c1-2-3-4-5-6-7-8-17-9-11-18(12-10-17)16-23-22(13-19(24)25,14-20(26)27)15-21(28)29;;/h9-12,23H,2-8,13-16H2,1H3,(H,24,25)(H,26,27)(H,28,29);;/q;2*+1/p-2. The molecule has 1 aromatic carbocycles. The SMILES string of the molecule is CCCCCCCCc1ccc(C[NH2+]C(CC(=O)[O-])(CC(=O)[O-])CC(=O)[O-])cc1.[Na+].[Na+]. The molecule has 0 aromatic heterocycles. The molecule has 0 atom stereocenters. The second kappa shape index (κ2) is 18.1. The van der Waals surface area contributed by atoms with E-state index < -0.39 is 42.7 Å². The summed E-state index contributed by atoms with van der Waals surface area (Å²) in [5, 5.41) is 34.6. The van der Waals surface area contributed by atoms with Gasteiger partial charge in [-0.25, -0.2) is 0 Å². The van der Waals surface area contributed by atoms with Crippen LogP contribution in [0.2, 0.25) is 0 Å². The number of nitrogens with two attached hydrogens (primary N) is 1. The molecule has 31 heavy (non-hydrogen) atoms. The number of rotatable bonds is 16. The van der Waals surface area contributed by atoms with Gasteiger partial charge in [-0.1, -0.05) is 63.3 Å². The summed E-state index contributed by atoms with van der Waals surface area (Å²) in [5.74, 6) is -4.55. The maximum atomic E-state index is 11.1. The fourth-order valence-electron chi connectivity index (χ4n) is 3.55. The van der Waals surface area contributed by atoms with Crippen LogP contribution in [0.5, 0.6) is 0 Å². The Bertz CT molecular complexity index is 626. The van der Waals surface area contributed by atoms with Gasteiger partial charge in [-0.05, 0) is 18.4 Å². The number of benzene rings is 1. The van der Waals surface area contributed by atoms with E-state index in [-0.39, 0.29) is 65.7 Å². The van der Waals surface area contributed by atoms with E-state index in [9.17, 15) is 29.7 Å². The Hall–Kier alpha value is -0.410. The summed E-state index contributed by atoms with van der Waals surface area (Å²) in [6, 6.07) is 7.77. The van der Waals surface area contributed by atoms with E-state index >= 15 is 0 Å². The monoisotopic (exact) mass is 451 g/mol. The zero-order valence-corrected chi connectivity index (χ0v) is 23.1. The van der Waals surface area contributed by atoms with Gasteiger partial charge >= 0.3 is 59.1 Å². The van der Waals surface area contributed by atoms with Gasteiger partial charge in [0, 0.05) is 42.7 Å². The number of carbonyl (C=O) groups excluding carboxylic acids is 3. The van der Waals surface area contributed by atoms with E-state index in [4.69, 9.17) is 0 Å². The van der Waals surface area contributed by atoms with Crippen LogP contribution in [0.4, 0.5) is 0 Å². The zero-order valence-electron chi connectivity index (χ0n) is 19.1. The molecule has 0 saturated carbocycles. The van der Waals surface area contributed by atoms with E-state index in [0.29, 0.717) is 0 Å². The molecule has 1 aromatic rings. The number of hydrogen-bond donors (Lipinski definition) is 1. The molecule has 0 unspecified atom stereocenters. The molecule has 0 saturated heterocycles. The number of carbonyl (C=O) groups is 3. The van der Waals surface area contributed by atoms with Gasteiger partial charge in [0.1, 0.15) is 12.1 Å². The number of aliphatic carboxylic acids is 3. The second-order valence-electron chi connectivity index (χ2n) is 7.75. The van der Waals surface area contributed by atoms with Crippen molar-refractivity contribution in [3.8, 4) is 0 Å². The summed E-state index contributed by atoms with van der Waals surface area (Å²) in [7, 11) is 0. The predicted molar refractivity (Wildman–Crippen MR) is 101 cm³/mol. The van der Waals surface area contributed by atoms with Gasteiger partial charge in [0.2, 0.25) is 0 Å². The summed E-state index contributed by atoms with van der Waals surface area (Å²) in [6.07, 6.45) is 6.19. The van der Waals surface area contributed by atoms with Gasteiger partial charge in [-0.2, -0.15) is 0 Å². The summed E-state index contributed by atoms with van der Waals surface area (Å²) >= 11 is 0. The normalized spacial score (nSPS) is 10.6. The van der Waals surface area contributed by atoms with Crippen molar-refractivity contribution in [1.82, 2.24) is 0 Å². The van der Waals surface area contributed by atoms with Crippen LogP contribution in [0.1, 0.15) is 75.8 Å². The van der Waals surface area contributed by atoms with Crippen molar-refractivity contribution in [3.63, 3.8) is 0 Å². The first kappa shape index (κ1) is 32.8. The number of unbranched alkanes of at least 4 members (excludes halogenated alkanes) is 5. The van der Waals surface area contributed by atoms with Gasteiger partial charge in [-0.3, -0.25) is 0 Å². The van der Waals surface area contributed by atoms with Crippen molar-refractivity contribution in [3.05, 3.63) is 35.4 Å². The van der Waals surface area contributed by atoms with Crippen molar-refractivity contribution in [1.29, 1.82) is 0 Å². The molecule has 2 N–H and O–H groups in total. The fourth-order valence-corrected chi connectivity index (χ4v) is 3.55. The predicted octanol–water partition coefficient (Wildman–Crippen LogP) is -7.18. The Morgan fingerprint density at radius 1 is 0.742 bits per heavy atom. The average Bonchev–Trinajstić information content (AvgIpc) is 2.62. The molecule has 0 spiro atoms. The van der Waals surface area contributed by atoms with E-state index in [1.165, 1.54) is 43.0 Å². The number of carboxylic acids is 3. The van der Waals surface area contributed by atoms with Gasteiger partial charge in [0.15, 0.2) is 0 Å². The molecule has 0 aliphatic rings. The maximum absolute atomic E-state index is 11.1. The summed E-state index contributed by atoms with van der Waals surface area (Å²) < 4.78 is 0. The molecule has 0 aliphatic heterocycles. The van der Waals surface area contributed by atoms with Crippen LogP contribution in [0, 0.1) is 0 Å². The van der Waals surface area contributed by atoms with E-state index in [0.717, 1.165) is 18.4 Å². The molecule has 1 rings (SSSR count). The van der Waals surface area contributed by atoms with Gasteiger partial charge in [0.25, 0.3) is 0 Å². The minimum absolute atomic E-state index is 0. The molecule has 0 radical (unpaired) electrons. The fraction of sp³-hybridized carbons (Fsp3) is 0.591. The number of aryl methyl sites for hydroxylation is 1. The van der Waals surface area contributed by atoms with Crippen LogP contribution in [0.25, 0.3) is 0 Å². The average molecular weight is 451 g/mol. The van der Waals surface area contributed by atoms with Gasteiger partial charge in [-0.15, -0.1) is 0 Å². The first-order valence-electron chi connectivity index (χ1n) is 10.3. The molecule has 0 bridgehead atoms. The quantitative estimate of drug-likeness (QED) is 0.196. The Morgan fingerprint density at radius 3 is 1.61 bits per heavy atom. The third kappa shape index (κ3) is 15.1. The van der Waals surface area contributed by atoms with E-state index in [1.54, 1.807) is 0 Å². The van der Waals surface area contributed by atoms with Gasteiger partial charge in [0.05, 0.1) is 0 Å². The first-order valence-corrected chi connectivity index (χ1v) is 10.3. The zero-order chi connectivity index (χ0) is 21.7. The molecule has 162 valence electrons. The van der Waals surface area contributed by atoms with E-state index in [2.05, 4.69) is 6.92 Å². The molecular weight excluding hydrogens is 420 g/mol. The summed E-state index contributed by atoms with van der Waals surface area (Å²) in [6.45, 7) is 2.43. The Labute approximate surface area is 229 Å². The van der Waals surface area contributed by atoms with Crippen molar-refractivity contribution < 1.29 is 94.1 Å². The first-order chi connectivity index (χ1) is 13.8. The topological polar surface area (TPSA) is 137 Å². The summed E-state index contributed by atoms with van der Waals surface area (Å²) in [5.41, 5.74) is 0.444. The minimum Gasteiger partial charge on any atom is -0.550 e. The molecular formula is C22H31NNa2O6. The Morgan fingerprint density at radius 2 is 1.16 bits per heavy atom. The largest absolute Gasteiger partial charge is 1.00 e. The molecule has 0 aliphatic carbocycles. The number of carboxylic acid groups (broad SMARTS) is 3. The van der Waals surface area contributed by atoms with Crippen LogP contribution in [-0.4, -0.2) is 23.4 Å². The smallest absolute Gasteiger partial charge is 0.550 e. The molecule has 0 heterocycles. The number of quaternary nitrogens is 1. The molecule has 9 heteroatoms. The summed E-state index contributed by atoms with van der Waals surface area (Å²) in [4.78, 5) is 33.2. The van der Waals surface area contributed by atoms with Crippen LogP contribution in [-0.2, 0) is 27.3 Å². The Balaban J connectivity index is 0. The van der Waals surface area contributed by atoms with Crippen molar-refractivity contribution in [2.45, 2.75) is 83.2 Å². The third-order valence-electron chi connectivity index (χ3n) is 5.10. The van der Waals surface area contributed by atoms with E-state index in [1.807, 2.05) is 24.3 Å². The molecule has 7 nitrogen and oxygen atoms in total.